The number of benzene rings is 1. The van der Waals surface area contributed by atoms with Crippen LogP contribution in [0, 0.1) is 0 Å². The molecule has 2 amide bonds. The van der Waals surface area contributed by atoms with Crippen LogP contribution in [0.15, 0.2) is 48.7 Å². The predicted molar refractivity (Wildman–Crippen MR) is 86.8 cm³/mol. The molecule has 7 nitrogen and oxygen atoms in total. The second-order valence-corrected chi connectivity index (χ2v) is 5.30. The minimum Gasteiger partial charge on any atom is -0.485 e. The van der Waals surface area contributed by atoms with E-state index in [1.807, 2.05) is 6.07 Å². The lowest BCUT2D eigenvalue weighted by Gasteiger charge is -2.26. The van der Waals surface area contributed by atoms with Gasteiger partial charge in [-0.25, -0.2) is 4.98 Å². The van der Waals surface area contributed by atoms with Gasteiger partial charge in [0.15, 0.2) is 11.5 Å². The third-order valence-electron chi connectivity index (χ3n) is 3.47. The number of pyridine rings is 1. The van der Waals surface area contributed by atoms with Crippen LogP contribution in [0.1, 0.15) is 6.92 Å². The number of nitrogens with zero attached hydrogens (tertiary/aromatic N) is 1. The van der Waals surface area contributed by atoms with Gasteiger partial charge in [0, 0.05) is 6.20 Å². The standard InChI is InChI=1S/C17H17N3O4/c1-11(16(21)20-15-8-4-5-9-18-15)19-17(22)14-10-23-12-6-2-3-7-13(12)24-14/h2-9,11,14H,10H2,1H3,(H,19,22)(H,18,20,21). The van der Waals surface area contributed by atoms with Crippen LogP contribution in [-0.4, -0.2) is 35.6 Å². The molecule has 3 rings (SSSR count). The molecule has 24 heavy (non-hydrogen) atoms. The summed E-state index contributed by atoms with van der Waals surface area (Å²) < 4.78 is 11.1. The first kappa shape index (κ1) is 15.8. The van der Waals surface area contributed by atoms with Crippen molar-refractivity contribution in [1.82, 2.24) is 10.3 Å². The number of amides is 2. The second kappa shape index (κ2) is 6.99. The second-order valence-electron chi connectivity index (χ2n) is 5.30. The number of nitrogens with one attached hydrogen (secondary N) is 2. The van der Waals surface area contributed by atoms with Crippen LogP contribution in [-0.2, 0) is 9.59 Å². The summed E-state index contributed by atoms with van der Waals surface area (Å²) in [4.78, 5) is 28.4. The molecule has 124 valence electrons. The van der Waals surface area contributed by atoms with E-state index in [0.717, 1.165) is 0 Å². The van der Waals surface area contributed by atoms with Crippen LogP contribution in [0.25, 0.3) is 0 Å². The van der Waals surface area contributed by atoms with Crippen molar-refractivity contribution in [2.24, 2.45) is 0 Å². The van der Waals surface area contributed by atoms with E-state index in [9.17, 15) is 9.59 Å². The average molecular weight is 327 g/mol. The molecule has 0 bridgehead atoms. The fourth-order valence-corrected chi connectivity index (χ4v) is 2.19. The van der Waals surface area contributed by atoms with Gasteiger partial charge in [-0.2, -0.15) is 0 Å². The average Bonchev–Trinajstić information content (AvgIpc) is 2.62. The number of rotatable bonds is 4. The molecule has 2 atom stereocenters. The molecule has 2 aromatic rings. The molecule has 1 aromatic heterocycles. The van der Waals surface area contributed by atoms with Gasteiger partial charge >= 0.3 is 0 Å². The number of ether oxygens (including phenoxy) is 2. The Balaban J connectivity index is 1.56. The first-order valence-electron chi connectivity index (χ1n) is 7.54. The van der Waals surface area contributed by atoms with Crippen LogP contribution >= 0.6 is 0 Å². The molecule has 2 unspecified atom stereocenters. The van der Waals surface area contributed by atoms with Crippen LogP contribution < -0.4 is 20.1 Å². The monoisotopic (exact) mass is 327 g/mol. The maximum absolute atomic E-state index is 12.3. The summed E-state index contributed by atoms with van der Waals surface area (Å²) in [5, 5.41) is 5.25. The van der Waals surface area contributed by atoms with E-state index in [4.69, 9.17) is 9.47 Å². The fourth-order valence-electron chi connectivity index (χ4n) is 2.19. The van der Waals surface area contributed by atoms with Crippen molar-refractivity contribution in [3.05, 3.63) is 48.7 Å². The molecular weight excluding hydrogens is 310 g/mol. The lowest BCUT2D eigenvalue weighted by atomic mass is 10.2. The molecule has 0 saturated carbocycles. The van der Waals surface area contributed by atoms with Gasteiger partial charge in [-0.1, -0.05) is 18.2 Å². The minimum absolute atomic E-state index is 0.0947. The molecule has 0 spiro atoms. The van der Waals surface area contributed by atoms with Gasteiger partial charge in [-0.05, 0) is 31.2 Å². The Bertz CT molecular complexity index is 736. The Morgan fingerprint density at radius 2 is 1.92 bits per heavy atom. The normalized spacial score (nSPS) is 16.8. The van der Waals surface area contributed by atoms with Crippen LogP contribution in [0.2, 0.25) is 0 Å². The van der Waals surface area contributed by atoms with Crippen molar-refractivity contribution in [2.75, 3.05) is 11.9 Å². The highest BCUT2D eigenvalue weighted by Gasteiger charge is 2.29. The molecule has 7 heteroatoms. The van der Waals surface area contributed by atoms with Gasteiger partial charge in [0.1, 0.15) is 18.5 Å². The van der Waals surface area contributed by atoms with Gasteiger partial charge in [0.2, 0.25) is 12.0 Å². The van der Waals surface area contributed by atoms with Gasteiger partial charge < -0.3 is 20.1 Å². The lowest BCUT2D eigenvalue weighted by molar-refractivity contribution is -0.133. The van der Waals surface area contributed by atoms with E-state index >= 15 is 0 Å². The highest BCUT2D eigenvalue weighted by atomic mass is 16.6. The third-order valence-corrected chi connectivity index (χ3v) is 3.47. The van der Waals surface area contributed by atoms with E-state index in [-0.39, 0.29) is 12.5 Å². The number of hydrogen-bond donors (Lipinski definition) is 2. The summed E-state index contributed by atoms with van der Waals surface area (Å²) in [6, 6.07) is 11.6. The van der Waals surface area contributed by atoms with Gasteiger partial charge in [0.25, 0.3) is 5.91 Å². The van der Waals surface area contributed by atoms with Crippen LogP contribution in [0.3, 0.4) is 0 Å². The summed E-state index contributed by atoms with van der Waals surface area (Å²) in [6.07, 6.45) is 0.772. The molecule has 1 aliphatic rings. The first-order valence-corrected chi connectivity index (χ1v) is 7.54. The molecule has 0 radical (unpaired) electrons. The minimum atomic E-state index is -0.801. The number of carbonyl (C=O) groups is 2. The molecular formula is C17H17N3O4. The maximum atomic E-state index is 12.3. The number of carbonyl (C=O) groups excluding carboxylic acids is 2. The number of hydrogen-bond acceptors (Lipinski definition) is 5. The van der Waals surface area contributed by atoms with Gasteiger partial charge in [-0.3, -0.25) is 9.59 Å². The molecule has 2 heterocycles. The van der Waals surface area contributed by atoms with Gasteiger partial charge in [0.05, 0.1) is 0 Å². The maximum Gasteiger partial charge on any atom is 0.265 e. The SMILES string of the molecule is CC(NC(=O)C1COc2ccccc2O1)C(=O)Nc1ccccn1. The number of anilines is 1. The summed E-state index contributed by atoms with van der Waals surface area (Å²) in [5.41, 5.74) is 0. The Morgan fingerprint density at radius 3 is 2.67 bits per heavy atom. The van der Waals surface area contributed by atoms with Crippen molar-refractivity contribution >= 4 is 17.6 Å². The zero-order chi connectivity index (χ0) is 16.9. The summed E-state index contributed by atoms with van der Waals surface area (Å²) in [7, 11) is 0. The molecule has 1 aromatic carbocycles. The molecule has 0 saturated heterocycles. The third kappa shape index (κ3) is 3.62. The van der Waals surface area contributed by atoms with E-state index in [1.165, 1.54) is 0 Å². The smallest absolute Gasteiger partial charge is 0.265 e. The topological polar surface area (TPSA) is 89.5 Å². The molecule has 2 N–H and O–H groups in total. The van der Waals surface area contributed by atoms with Crippen LogP contribution in [0.5, 0.6) is 11.5 Å². The van der Waals surface area contributed by atoms with Crippen molar-refractivity contribution < 1.29 is 19.1 Å². The Kier molecular flexibility index (Phi) is 4.60. The lowest BCUT2D eigenvalue weighted by Crippen LogP contribution is -2.50. The van der Waals surface area contributed by atoms with E-state index in [0.29, 0.717) is 17.3 Å². The van der Waals surface area contributed by atoms with Crippen molar-refractivity contribution in [2.45, 2.75) is 19.1 Å². The number of para-hydroxylation sites is 2. The Labute approximate surface area is 139 Å². The Hall–Kier alpha value is -3.09. The van der Waals surface area contributed by atoms with Gasteiger partial charge in [-0.15, -0.1) is 0 Å². The first-order chi connectivity index (χ1) is 11.6. The van der Waals surface area contributed by atoms with Crippen LogP contribution in [0.4, 0.5) is 5.82 Å². The summed E-state index contributed by atoms with van der Waals surface area (Å²) in [6.45, 7) is 1.69. The van der Waals surface area contributed by atoms with Crippen molar-refractivity contribution in [3.63, 3.8) is 0 Å². The fraction of sp³-hybridized carbons (Fsp3) is 0.235. The predicted octanol–water partition coefficient (Wildman–Crippen LogP) is 1.36. The number of aromatic nitrogens is 1. The van der Waals surface area contributed by atoms with Crippen molar-refractivity contribution in [3.8, 4) is 11.5 Å². The zero-order valence-corrected chi connectivity index (χ0v) is 13.1. The Morgan fingerprint density at radius 1 is 1.17 bits per heavy atom. The highest BCUT2D eigenvalue weighted by Crippen LogP contribution is 2.30. The zero-order valence-electron chi connectivity index (χ0n) is 13.1. The molecule has 0 fully saturated rings. The molecule has 0 aliphatic carbocycles. The largest absolute Gasteiger partial charge is 0.485 e. The molecule has 1 aliphatic heterocycles. The van der Waals surface area contributed by atoms with E-state index in [2.05, 4.69) is 15.6 Å². The summed E-state index contributed by atoms with van der Waals surface area (Å²) in [5.74, 6) is 0.763. The summed E-state index contributed by atoms with van der Waals surface area (Å²) >= 11 is 0. The van der Waals surface area contributed by atoms with E-state index in [1.54, 1.807) is 49.5 Å². The number of fused-ring (bicyclic) bond motifs is 1. The van der Waals surface area contributed by atoms with E-state index < -0.39 is 18.1 Å². The highest BCUT2D eigenvalue weighted by molar-refractivity contribution is 5.96. The van der Waals surface area contributed by atoms with Crippen molar-refractivity contribution in [1.29, 1.82) is 0 Å². The quantitative estimate of drug-likeness (QED) is 0.885.